The lowest BCUT2D eigenvalue weighted by Crippen LogP contribution is -2.41. The zero-order valence-electron chi connectivity index (χ0n) is 16.8. The molecule has 0 spiro atoms. The fraction of sp³-hybridized carbons (Fsp3) is 0.261. The molecule has 8 heteroatoms. The van der Waals surface area contributed by atoms with Crippen molar-refractivity contribution >= 4 is 27.5 Å². The first-order valence-electron chi connectivity index (χ1n) is 10.1. The highest BCUT2D eigenvalue weighted by Crippen LogP contribution is 2.29. The van der Waals surface area contributed by atoms with Crippen LogP contribution in [0.4, 0.5) is 0 Å². The van der Waals surface area contributed by atoms with E-state index in [1.165, 1.54) is 4.31 Å². The van der Waals surface area contributed by atoms with Crippen LogP contribution in [0.1, 0.15) is 23.4 Å². The highest BCUT2D eigenvalue weighted by Gasteiger charge is 2.29. The lowest BCUT2D eigenvalue weighted by atomic mass is 9.98. The molecule has 6 nitrogen and oxygen atoms in total. The van der Waals surface area contributed by atoms with E-state index in [1.807, 2.05) is 18.2 Å². The van der Waals surface area contributed by atoms with Crippen molar-refractivity contribution in [2.75, 3.05) is 19.6 Å². The van der Waals surface area contributed by atoms with Gasteiger partial charge < -0.3 is 9.73 Å². The normalized spacial score (nSPS) is 15.6. The highest BCUT2D eigenvalue weighted by molar-refractivity contribution is 7.89. The maximum Gasteiger partial charge on any atom is 0.287 e. The Bertz CT molecular complexity index is 1150. The third-order valence-corrected chi connectivity index (χ3v) is 7.72. The molecule has 1 aliphatic heterocycles. The van der Waals surface area contributed by atoms with Crippen LogP contribution in [0.2, 0.25) is 5.02 Å². The van der Waals surface area contributed by atoms with E-state index in [0.29, 0.717) is 48.2 Å². The first-order chi connectivity index (χ1) is 14.9. The minimum Gasteiger partial charge on any atom is -0.451 e. The molecule has 0 saturated carbocycles. The molecule has 2 heterocycles. The van der Waals surface area contributed by atoms with Gasteiger partial charge in [0.2, 0.25) is 10.0 Å². The fourth-order valence-electron chi connectivity index (χ4n) is 3.69. The Balaban J connectivity index is 1.30. The van der Waals surface area contributed by atoms with Crippen molar-refractivity contribution in [3.63, 3.8) is 0 Å². The monoisotopic (exact) mass is 458 g/mol. The Labute approximate surface area is 186 Å². The second-order valence-corrected chi connectivity index (χ2v) is 9.86. The number of amides is 1. The minimum atomic E-state index is -3.47. The molecule has 162 valence electrons. The van der Waals surface area contributed by atoms with E-state index in [1.54, 1.807) is 48.5 Å². The summed E-state index contributed by atoms with van der Waals surface area (Å²) in [6, 6.07) is 19.1. The smallest absolute Gasteiger partial charge is 0.287 e. The van der Waals surface area contributed by atoms with Gasteiger partial charge in [0.15, 0.2) is 5.76 Å². The van der Waals surface area contributed by atoms with Crippen molar-refractivity contribution in [3.8, 4) is 11.3 Å². The van der Waals surface area contributed by atoms with Gasteiger partial charge in [0.25, 0.3) is 5.91 Å². The van der Waals surface area contributed by atoms with Gasteiger partial charge in [0.1, 0.15) is 5.76 Å². The number of nitrogens with one attached hydrogen (secondary N) is 1. The van der Waals surface area contributed by atoms with Gasteiger partial charge in [-0.3, -0.25) is 4.79 Å². The fourth-order valence-corrected chi connectivity index (χ4v) is 5.40. The lowest BCUT2D eigenvalue weighted by Gasteiger charge is -2.31. The Kier molecular flexibility index (Phi) is 6.46. The molecule has 1 fully saturated rings. The molecule has 1 aromatic heterocycles. The zero-order valence-corrected chi connectivity index (χ0v) is 18.4. The van der Waals surface area contributed by atoms with Crippen LogP contribution in [0.25, 0.3) is 11.3 Å². The topological polar surface area (TPSA) is 79.6 Å². The first kappa shape index (κ1) is 21.6. The summed E-state index contributed by atoms with van der Waals surface area (Å²) in [5, 5.41) is 3.46. The summed E-state index contributed by atoms with van der Waals surface area (Å²) in [6.07, 6.45) is 1.38. The lowest BCUT2D eigenvalue weighted by molar-refractivity contribution is 0.0914. The molecule has 0 atom stereocenters. The van der Waals surface area contributed by atoms with Crippen molar-refractivity contribution < 1.29 is 17.6 Å². The van der Waals surface area contributed by atoms with Crippen LogP contribution in [0.5, 0.6) is 0 Å². The Morgan fingerprint density at radius 2 is 1.68 bits per heavy atom. The van der Waals surface area contributed by atoms with Crippen molar-refractivity contribution in [1.82, 2.24) is 9.62 Å². The van der Waals surface area contributed by atoms with Crippen molar-refractivity contribution in [2.45, 2.75) is 17.7 Å². The van der Waals surface area contributed by atoms with Gasteiger partial charge >= 0.3 is 0 Å². The van der Waals surface area contributed by atoms with Gasteiger partial charge in [-0.1, -0.05) is 41.9 Å². The maximum absolute atomic E-state index is 12.7. The van der Waals surface area contributed by atoms with Crippen LogP contribution in [0.3, 0.4) is 0 Å². The van der Waals surface area contributed by atoms with E-state index in [-0.39, 0.29) is 17.6 Å². The number of furan rings is 1. The molecule has 0 unspecified atom stereocenters. The average molecular weight is 459 g/mol. The second kappa shape index (κ2) is 9.26. The largest absolute Gasteiger partial charge is 0.451 e. The molecule has 31 heavy (non-hydrogen) atoms. The number of halogens is 1. The van der Waals surface area contributed by atoms with Gasteiger partial charge in [0, 0.05) is 25.2 Å². The summed E-state index contributed by atoms with van der Waals surface area (Å²) in [5.41, 5.74) is 0.732. The standard InChI is InChI=1S/C23H23ClN2O4S/c24-20-9-5-4-8-19(20)21-10-11-22(30-21)23(27)25-16-17-12-14-26(15-13-17)31(28,29)18-6-2-1-3-7-18/h1-11,17H,12-16H2,(H,25,27). The predicted octanol–water partition coefficient (Wildman–Crippen LogP) is 4.43. The van der Waals surface area contributed by atoms with E-state index in [4.69, 9.17) is 16.0 Å². The predicted molar refractivity (Wildman–Crippen MR) is 119 cm³/mol. The molecule has 1 N–H and O–H groups in total. The molecule has 0 aliphatic carbocycles. The van der Waals surface area contributed by atoms with E-state index in [9.17, 15) is 13.2 Å². The number of sulfonamides is 1. The van der Waals surface area contributed by atoms with Crippen molar-refractivity contribution in [3.05, 3.63) is 77.5 Å². The van der Waals surface area contributed by atoms with Crippen LogP contribution in [0, 0.1) is 5.92 Å². The summed E-state index contributed by atoms with van der Waals surface area (Å²) in [6.45, 7) is 1.35. The number of rotatable bonds is 6. The number of carbonyl (C=O) groups is 1. The number of piperidine rings is 1. The quantitative estimate of drug-likeness (QED) is 0.592. The Hall–Kier alpha value is -2.61. The van der Waals surface area contributed by atoms with Gasteiger partial charge in [-0.15, -0.1) is 0 Å². The van der Waals surface area contributed by atoms with Crippen molar-refractivity contribution in [2.24, 2.45) is 5.92 Å². The molecular formula is C23H23ClN2O4S. The van der Waals surface area contributed by atoms with Crippen LogP contribution >= 0.6 is 11.6 Å². The third-order valence-electron chi connectivity index (χ3n) is 5.47. The van der Waals surface area contributed by atoms with Crippen LogP contribution in [0.15, 0.2) is 76.0 Å². The first-order valence-corrected chi connectivity index (χ1v) is 11.9. The summed E-state index contributed by atoms with van der Waals surface area (Å²) in [5.74, 6) is 0.677. The molecule has 1 amide bonds. The second-order valence-electron chi connectivity index (χ2n) is 7.51. The molecule has 0 radical (unpaired) electrons. The summed E-state index contributed by atoms with van der Waals surface area (Å²) < 4.78 is 32.6. The SMILES string of the molecule is O=C(NCC1CCN(S(=O)(=O)c2ccccc2)CC1)c1ccc(-c2ccccc2Cl)o1. The Morgan fingerprint density at radius 1 is 1.00 bits per heavy atom. The number of benzene rings is 2. The van der Waals surface area contributed by atoms with Gasteiger partial charge in [-0.2, -0.15) is 4.31 Å². The summed E-state index contributed by atoms with van der Waals surface area (Å²) in [7, 11) is -3.47. The van der Waals surface area contributed by atoms with E-state index < -0.39 is 10.0 Å². The molecular weight excluding hydrogens is 436 g/mol. The summed E-state index contributed by atoms with van der Waals surface area (Å²) >= 11 is 6.19. The van der Waals surface area contributed by atoms with Gasteiger partial charge in [0.05, 0.1) is 9.92 Å². The van der Waals surface area contributed by atoms with Gasteiger partial charge in [-0.25, -0.2) is 8.42 Å². The maximum atomic E-state index is 12.7. The number of carbonyl (C=O) groups excluding carboxylic acids is 1. The minimum absolute atomic E-state index is 0.212. The summed E-state index contributed by atoms with van der Waals surface area (Å²) in [4.78, 5) is 12.8. The van der Waals surface area contributed by atoms with Crippen LogP contribution < -0.4 is 5.32 Å². The molecule has 0 bridgehead atoms. The zero-order chi connectivity index (χ0) is 21.8. The van der Waals surface area contributed by atoms with Crippen LogP contribution in [-0.4, -0.2) is 38.3 Å². The van der Waals surface area contributed by atoms with E-state index >= 15 is 0 Å². The number of nitrogens with zero attached hydrogens (tertiary/aromatic N) is 1. The Morgan fingerprint density at radius 3 is 2.39 bits per heavy atom. The molecule has 3 aromatic rings. The average Bonchev–Trinajstić information content (AvgIpc) is 3.29. The van der Waals surface area contributed by atoms with E-state index in [0.717, 1.165) is 5.56 Å². The molecule has 1 saturated heterocycles. The highest BCUT2D eigenvalue weighted by atomic mass is 35.5. The van der Waals surface area contributed by atoms with Gasteiger partial charge in [-0.05, 0) is 55.2 Å². The molecule has 1 aliphatic rings. The third kappa shape index (κ3) is 4.84. The molecule has 2 aromatic carbocycles. The number of hydrogen-bond acceptors (Lipinski definition) is 4. The van der Waals surface area contributed by atoms with Crippen LogP contribution in [-0.2, 0) is 10.0 Å². The van der Waals surface area contributed by atoms with Crippen molar-refractivity contribution in [1.29, 1.82) is 0 Å². The number of hydrogen-bond donors (Lipinski definition) is 1. The molecule has 4 rings (SSSR count). The van der Waals surface area contributed by atoms with E-state index in [2.05, 4.69) is 5.32 Å².